The van der Waals surface area contributed by atoms with Gasteiger partial charge in [0.1, 0.15) is 0 Å². The Bertz CT molecular complexity index is 1630. The number of benzene rings is 4. The van der Waals surface area contributed by atoms with Crippen LogP contribution in [0.2, 0.25) is 10.0 Å². The minimum absolute atomic E-state index is 0.314. The Morgan fingerprint density at radius 3 is 2.41 bits per heavy atom. The van der Waals surface area contributed by atoms with Gasteiger partial charge >= 0.3 is 0 Å². The fourth-order valence-corrected chi connectivity index (χ4v) is 6.22. The summed E-state index contributed by atoms with van der Waals surface area (Å²) in [6, 6.07) is 33.2. The number of nitriles is 1. The fraction of sp³-hybridized carbons (Fsp3) is 0.235. The Hall–Kier alpha value is -3.82. The second-order valence-corrected chi connectivity index (χ2v) is 11.6. The first-order chi connectivity index (χ1) is 20.1. The zero-order valence-corrected chi connectivity index (χ0v) is 24.2. The van der Waals surface area contributed by atoms with Crippen LogP contribution in [0.3, 0.4) is 0 Å². The average Bonchev–Trinajstić information content (AvgIpc) is 3.40. The first kappa shape index (κ1) is 27.4. The summed E-state index contributed by atoms with van der Waals surface area (Å²) in [5.41, 5.74) is 7.16. The lowest BCUT2D eigenvalue weighted by atomic mass is 9.79. The molecule has 2 heterocycles. The number of hydrogen-bond acceptors (Lipinski definition) is 4. The largest absolute Gasteiger partial charge is 0.355 e. The van der Waals surface area contributed by atoms with E-state index in [9.17, 15) is 5.26 Å². The summed E-state index contributed by atoms with van der Waals surface area (Å²) < 4.78 is 0. The van der Waals surface area contributed by atoms with Crippen LogP contribution in [-0.4, -0.2) is 34.5 Å². The first-order valence-corrected chi connectivity index (χ1v) is 14.8. The number of imidazole rings is 1. The number of aromatic nitrogens is 2. The number of rotatable bonds is 8. The van der Waals surface area contributed by atoms with Crippen molar-refractivity contribution in [3.8, 4) is 17.2 Å². The van der Waals surface area contributed by atoms with Gasteiger partial charge < -0.3 is 10.3 Å². The van der Waals surface area contributed by atoms with Crippen molar-refractivity contribution < 1.29 is 0 Å². The van der Waals surface area contributed by atoms with E-state index in [1.807, 2.05) is 24.3 Å². The molecule has 206 valence electrons. The van der Waals surface area contributed by atoms with E-state index >= 15 is 0 Å². The summed E-state index contributed by atoms with van der Waals surface area (Å²) in [6.45, 7) is 3.92. The second-order valence-electron chi connectivity index (χ2n) is 10.8. The lowest BCUT2D eigenvalue weighted by Gasteiger charge is -2.36. The smallest absolute Gasteiger partial charge is 0.201 e. The highest BCUT2D eigenvalue weighted by atomic mass is 35.5. The molecule has 0 radical (unpaired) electrons. The van der Waals surface area contributed by atoms with Gasteiger partial charge in [0.15, 0.2) is 0 Å². The predicted octanol–water partition coefficient (Wildman–Crippen LogP) is 8.52. The molecule has 0 spiro atoms. The van der Waals surface area contributed by atoms with E-state index in [1.54, 1.807) is 6.07 Å². The number of piperidine rings is 1. The van der Waals surface area contributed by atoms with Gasteiger partial charge in [0.2, 0.25) is 5.95 Å². The van der Waals surface area contributed by atoms with Crippen molar-refractivity contribution in [2.75, 3.05) is 25.0 Å². The maximum atomic E-state index is 9.32. The normalized spacial score (nSPS) is 15.0. The number of likely N-dealkylation sites (tertiary alicyclic amines) is 1. The molecule has 0 aliphatic carbocycles. The molecule has 1 aromatic heterocycles. The Morgan fingerprint density at radius 2 is 1.66 bits per heavy atom. The third-order valence-electron chi connectivity index (χ3n) is 8.13. The zero-order chi connectivity index (χ0) is 28.2. The molecule has 6 rings (SSSR count). The minimum Gasteiger partial charge on any atom is -0.355 e. The van der Waals surface area contributed by atoms with Crippen molar-refractivity contribution in [1.82, 2.24) is 14.9 Å². The lowest BCUT2D eigenvalue weighted by Crippen LogP contribution is -2.36. The van der Waals surface area contributed by atoms with Crippen LogP contribution in [0.4, 0.5) is 5.95 Å². The molecule has 1 fully saturated rings. The van der Waals surface area contributed by atoms with Gasteiger partial charge in [-0.25, -0.2) is 4.98 Å². The molecule has 0 saturated carbocycles. The van der Waals surface area contributed by atoms with Gasteiger partial charge in [-0.3, -0.25) is 4.90 Å². The molecule has 1 atom stereocenters. The molecule has 1 aliphatic heterocycles. The van der Waals surface area contributed by atoms with E-state index < -0.39 is 0 Å². The number of H-pyrrole nitrogens is 1. The predicted molar refractivity (Wildman–Crippen MR) is 168 cm³/mol. The summed E-state index contributed by atoms with van der Waals surface area (Å²) in [7, 11) is 0. The minimum atomic E-state index is 0.314. The van der Waals surface area contributed by atoms with Crippen molar-refractivity contribution in [3.63, 3.8) is 0 Å². The summed E-state index contributed by atoms with van der Waals surface area (Å²) in [5, 5.41) is 13.9. The number of nitrogens with one attached hydrogen (secondary N) is 2. The molecule has 0 bridgehead atoms. The Balaban J connectivity index is 1.21. The standard InChI is InChI=1S/C34H31Cl2N5/c35-30-18-32-33(19-31(30)36)40-34(39-32)38-21-29(27-13-15-41(16-14-27)22-23-5-2-1-3-6-23)26-11-9-25(10-12-26)28-8-4-7-24(17-28)20-37/h1-12,17-19,27,29H,13-16,21-22H2,(H2,38,39,40). The summed E-state index contributed by atoms with van der Waals surface area (Å²) in [6.07, 6.45) is 2.27. The molecule has 0 amide bonds. The number of hydrogen-bond donors (Lipinski definition) is 2. The molecule has 5 aromatic rings. The lowest BCUT2D eigenvalue weighted by molar-refractivity contribution is 0.163. The quantitative estimate of drug-likeness (QED) is 0.193. The Morgan fingerprint density at radius 1 is 0.902 bits per heavy atom. The molecule has 1 aliphatic rings. The topological polar surface area (TPSA) is 67.7 Å². The maximum absolute atomic E-state index is 9.32. The Kier molecular flexibility index (Phi) is 8.25. The molecule has 5 nitrogen and oxygen atoms in total. The van der Waals surface area contributed by atoms with E-state index in [0.717, 1.165) is 67.1 Å². The van der Waals surface area contributed by atoms with Crippen LogP contribution in [0.1, 0.15) is 35.4 Å². The number of nitrogens with zero attached hydrogens (tertiary/aromatic N) is 3. The third kappa shape index (κ3) is 6.41. The van der Waals surface area contributed by atoms with E-state index in [4.69, 9.17) is 28.2 Å². The van der Waals surface area contributed by atoms with Gasteiger partial charge in [-0.1, -0.05) is 89.9 Å². The monoisotopic (exact) mass is 579 g/mol. The molecular formula is C34H31Cl2N5. The first-order valence-electron chi connectivity index (χ1n) is 14.0. The van der Waals surface area contributed by atoms with E-state index in [1.165, 1.54) is 11.1 Å². The highest BCUT2D eigenvalue weighted by molar-refractivity contribution is 6.42. The summed E-state index contributed by atoms with van der Waals surface area (Å²) in [4.78, 5) is 10.6. The van der Waals surface area contributed by atoms with Crippen molar-refractivity contribution in [3.05, 3.63) is 118 Å². The molecule has 2 N–H and O–H groups in total. The second kappa shape index (κ2) is 12.4. The van der Waals surface area contributed by atoms with Crippen molar-refractivity contribution in [2.24, 2.45) is 5.92 Å². The third-order valence-corrected chi connectivity index (χ3v) is 8.85. The molecule has 7 heteroatoms. The number of halogens is 2. The van der Waals surface area contributed by atoms with Crippen LogP contribution >= 0.6 is 23.2 Å². The van der Waals surface area contributed by atoms with Gasteiger partial charge in [0.25, 0.3) is 0 Å². The zero-order valence-electron chi connectivity index (χ0n) is 22.7. The molecule has 1 saturated heterocycles. The van der Waals surface area contributed by atoms with Crippen LogP contribution in [0.15, 0.2) is 91.0 Å². The number of aromatic amines is 1. The average molecular weight is 581 g/mol. The number of anilines is 1. The van der Waals surface area contributed by atoms with Crippen molar-refractivity contribution in [2.45, 2.75) is 25.3 Å². The van der Waals surface area contributed by atoms with E-state index in [0.29, 0.717) is 27.4 Å². The van der Waals surface area contributed by atoms with Gasteiger partial charge in [-0.05, 0) is 78.4 Å². The fourth-order valence-electron chi connectivity index (χ4n) is 5.90. The Labute approximate surface area is 250 Å². The summed E-state index contributed by atoms with van der Waals surface area (Å²) >= 11 is 12.4. The highest BCUT2D eigenvalue weighted by Gasteiger charge is 2.28. The molecular weight excluding hydrogens is 549 g/mol. The van der Waals surface area contributed by atoms with Gasteiger partial charge in [0.05, 0.1) is 32.7 Å². The van der Waals surface area contributed by atoms with Crippen LogP contribution < -0.4 is 5.32 Å². The van der Waals surface area contributed by atoms with Crippen LogP contribution in [-0.2, 0) is 6.54 Å². The summed E-state index contributed by atoms with van der Waals surface area (Å²) in [5.74, 6) is 1.57. The maximum Gasteiger partial charge on any atom is 0.201 e. The highest BCUT2D eigenvalue weighted by Crippen LogP contribution is 2.35. The number of fused-ring (bicyclic) bond motifs is 1. The molecule has 1 unspecified atom stereocenters. The van der Waals surface area contributed by atoms with E-state index in [-0.39, 0.29) is 0 Å². The van der Waals surface area contributed by atoms with Crippen LogP contribution in [0.25, 0.3) is 22.2 Å². The van der Waals surface area contributed by atoms with Gasteiger partial charge in [0, 0.05) is 19.0 Å². The van der Waals surface area contributed by atoms with Crippen LogP contribution in [0, 0.1) is 17.2 Å². The SMILES string of the molecule is N#Cc1cccc(-c2ccc(C(CNc3nc4cc(Cl)c(Cl)cc4[nH]3)C3CCN(Cc4ccccc4)CC3)cc2)c1. The van der Waals surface area contributed by atoms with Crippen molar-refractivity contribution in [1.29, 1.82) is 5.26 Å². The van der Waals surface area contributed by atoms with Crippen molar-refractivity contribution >= 4 is 40.2 Å². The molecule has 41 heavy (non-hydrogen) atoms. The van der Waals surface area contributed by atoms with E-state index in [2.05, 4.69) is 81.9 Å². The van der Waals surface area contributed by atoms with Gasteiger partial charge in [-0.15, -0.1) is 0 Å². The van der Waals surface area contributed by atoms with Gasteiger partial charge in [-0.2, -0.15) is 5.26 Å². The molecule has 4 aromatic carbocycles. The van der Waals surface area contributed by atoms with Crippen LogP contribution in [0.5, 0.6) is 0 Å².